The van der Waals surface area contributed by atoms with Crippen LogP contribution < -0.4 is 5.32 Å². The fourth-order valence-electron chi connectivity index (χ4n) is 1.17. The molecule has 0 aromatic rings. The van der Waals surface area contributed by atoms with Crippen LogP contribution in [-0.2, 0) is 0 Å². The fourth-order valence-corrected chi connectivity index (χ4v) is 1.17. The summed E-state index contributed by atoms with van der Waals surface area (Å²) >= 11 is 0. The third-order valence-corrected chi connectivity index (χ3v) is 2.83. The van der Waals surface area contributed by atoms with Crippen molar-refractivity contribution in [3.63, 3.8) is 0 Å². The molecule has 0 radical (unpaired) electrons. The Hall–Kier alpha value is -0.670. The summed E-state index contributed by atoms with van der Waals surface area (Å²) in [7, 11) is 0. The van der Waals surface area contributed by atoms with Crippen molar-refractivity contribution in [2.24, 2.45) is 5.92 Å². The molecule has 0 bridgehead atoms. The average Bonchev–Trinajstić information content (AvgIpc) is 2.26. The largest absolute Gasteiger partial charge is 0.460 e. The van der Waals surface area contributed by atoms with E-state index >= 15 is 0 Å². The summed E-state index contributed by atoms with van der Waals surface area (Å²) in [5.41, 5.74) is 0. The van der Waals surface area contributed by atoms with Crippen LogP contribution >= 0.6 is 0 Å². The lowest BCUT2D eigenvalue weighted by Crippen LogP contribution is -2.65. The van der Waals surface area contributed by atoms with Crippen LogP contribution in [0.25, 0.3) is 0 Å². The van der Waals surface area contributed by atoms with E-state index in [9.17, 15) is 39.5 Å². The highest BCUT2D eigenvalue weighted by atomic mass is 19.4. The zero-order valence-electron chi connectivity index (χ0n) is 10.6. The number of rotatable bonds is 7. The Morgan fingerprint density at radius 1 is 0.850 bits per heavy atom. The maximum atomic E-state index is 12.9. The lowest BCUT2D eigenvalue weighted by atomic mass is 10.0. The molecule has 1 nitrogen and oxygen atoms in total. The number of hydrogen-bond donors (Lipinski definition) is 1. The number of halogens is 9. The van der Waals surface area contributed by atoms with Gasteiger partial charge in [-0.3, -0.25) is 5.32 Å². The highest BCUT2D eigenvalue weighted by Gasteiger charge is 2.81. The molecule has 0 amide bonds. The van der Waals surface area contributed by atoms with Crippen molar-refractivity contribution in [2.45, 2.75) is 50.8 Å². The Morgan fingerprint density at radius 2 is 1.30 bits per heavy atom. The predicted octanol–water partition coefficient (Wildman–Crippen LogP) is 4.44. The molecule has 20 heavy (non-hydrogen) atoms. The van der Waals surface area contributed by atoms with Crippen LogP contribution in [0, 0.1) is 5.92 Å². The maximum Gasteiger partial charge on any atom is 0.460 e. The van der Waals surface area contributed by atoms with E-state index in [0.29, 0.717) is 6.42 Å². The Kier molecular flexibility index (Phi) is 5.78. The molecule has 1 N–H and O–H groups in total. The second-order valence-corrected chi connectivity index (χ2v) is 4.45. The van der Waals surface area contributed by atoms with Crippen molar-refractivity contribution in [3.8, 4) is 0 Å². The van der Waals surface area contributed by atoms with E-state index in [-0.39, 0.29) is 12.3 Å². The summed E-state index contributed by atoms with van der Waals surface area (Å²) < 4.78 is 112. The quantitative estimate of drug-likeness (QED) is 0.540. The molecule has 0 spiro atoms. The highest BCUT2D eigenvalue weighted by Crippen LogP contribution is 2.52. The Balaban J connectivity index is 4.98. The molecule has 122 valence electrons. The zero-order valence-corrected chi connectivity index (χ0v) is 10.6. The molecule has 0 saturated heterocycles. The fraction of sp³-hybridized carbons (Fsp3) is 1.00. The van der Waals surface area contributed by atoms with Crippen LogP contribution in [-0.4, -0.2) is 30.6 Å². The molecular weight excluding hydrogens is 305 g/mol. The molecular formula is C10H14F9N. The van der Waals surface area contributed by atoms with Crippen molar-refractivity contribution in [1.29, 1.82) is 0 Å². The van der Waals surface area contributed by atoms with Gasteiger partial charge in [0.25, 0.3) is 0 Å². The number of hydrogen-bond acceptors (Lipinski definition) is 1. The molecule has 10 heteroatoms. The van der Waals surface area contributed by atoms with Gasteiger partial charge in [0.05, 0.1) is 0 Å². The van der Waals surface area contributed by atoms with Gasteiger partial charge in [0.15, 0.2) is 0 Å². The minimum absolute atomic E-state index is 0.0697. The first-order valence-electron chi connectivity index (χ1n) is 5.66. The van der Waals surface area contributed by atoms with Crippen LogP contribution in [0.3, 0.4) is 0 Å². The van der Waals surface area contributed by atoms with Gasteiger partial charge in [0.1, 0.15) is 0 Å². The second-order valence-electron chi connectivity index (χ2n) is 4.45. The molecule has 0 aliphatic heterocycles. The molecule has 0 heterocycles. The lowest BCUT2D eigenvalue weighted by molar-refractivity contribution is -0.400. The third kappa shape index (κ3) is 3.70. The van der Waals surface area contributed by atoms with Crippen molar-refractivity contribution in [1.82, 2.24) is 5.32 Å². The van der Waals surface area contributed by atoms with E-state index in [0.717, 1.165) is 5.32 Å². The van der Waals surface area contributed by atoms with Gasteiger partial charge in [-0.05, 0) is 12.3 Å². The first-order chi connectivity index (χ1) is 8.70. The molecule has 1 unspecified atom stereocenters. The summed E-state index contributed by atoms with van der Waals surface area (Å²) in [6, 6.07) is -5.68. The molecule has 0 aliphatic carbocycles. The van der Waals surface area contributed by atoms with E-state index in [1.807, 2.05) is 0 Å². The molecule has 0 fully saturated rings. The summed E-state index contributed by atoms with van der Waals surface area (Å²) in [6.07, 6.45) is -6.33. The normalized spacial score (nSPS) is 16.4. The summed E-state index contributed by atoms with van der Waals surface area (Å²) in [5, 5.41) is 0.779. The van der Waals surface area contributed by atoms with Crippen LogP contribution in [0.5, 0.6) is 0 Å². The topological polar surface area (TPSA) is 12.0 Å². The molecule has 0 aliphatic rings. The van der Waals surface area contributed by atoms with Gasteiger partial charge in [-0.1, -0.05) is 20.3 Å². The summed E-state index contributed by atoms with van der Waals surface area (Å²) in [4.78, 5) is 0. The smallest absolute Gasteiger partial charge is 0.253 e. The SMILES string of the molecule is CCC(C)CCNC(F)(F)C(F)(F)C(F)(F)C(F)(F)F. The van der Waals surface area contributed by atoms with Gasteiger partial charge < -0.3 is 0 Å². The van der Waals surface area contributed by atoms with Crippen molar-refractivity contribution in [2.75, 3.05) is 6.54 Å². The maximum absolute atomic E-state index is 12.9. The van der Waals surface area contributed by atoms with Crippen molar-refractivity contribution in [3.05, 3.63) is 0 Å². The Bertz CT molecular complexity index is 310. The van der Waals surface area contributed by atoms with Gasteiger partial charge in [0.2, 0.25) is 0 Å². The summed E-state index contributed by atoms with van der Waals surface area (Å²) in [5.74, 6) is -13.6. The van der Waals surface area contributed by atoms with Gasteiger partial charge in [-0.15, -0.1) is 0 Å². The summed E-state index contributed by atoms with van der Waals surface area (Å²) in [6.45, 7) is 2.45. The average molecular weight is 319 g/mol. The van der Waals surface area contributed by atoms with Crippen LogP contribution in [0.1, 0.15) is 26.7 Å². The van der Waals surface area contributed by atoms with Crippen molar-refractivity contribution < 1.29 is 39.5 Å². The van der Waals surface area contributed by atoms with Crippen LogP contribution in [0.2, 0.25) is 0 Å². The first kappa shape index (κ1) is 19.3. The Morgan fingerprint density at radius 3 is 1.65 bits per heavy atom. The first-order valence-corrected chi connectivity index (χ1v) is 5.66. The zero-order chi connectivity index (χ0) is 16.4. The van der Waals surface area contributed by atoms with Gasteiger partial charge >= 0.3 is 24.1 Å². The van der Waals surface area contributed by atoms with Gasteiger partial charge in [0, 0.05) is 6.54 Å². The number of nitrogens with one attached hydrogen (secondary N) is 1. The molecule has 0 saturated carbocycles. The standard InChI is InChI=1S/C10H14F9N/c1-3-6(2)4-5-20-10(18,19)8(13,14)7(11,12)9(15,16)17/h6,20H,3-5H2,1-2H3. The second kappa shape index (κ2) is 5.98. The van der Waals surface area contributed by atoms with Gasteiger partial charge in [-0.25, -0.2) is 0 Å². The van der Waals surface area contributed by atoms with E-state index in [1.54, 1.807) is 13.8 Å². The molecule has 1 atom stereocenters. The lowest BCUT2D eigenvalue weighted by Gasteiger charge is -2.34. The van der Waals surface area contributed by atoms with Gasteiger partial charge in [-0.2, -0.15) is 39.5 Å². The van der Waals surface area contributed by atoms with E-state index in [1.165, 1.54) is 0 Å². The molecule has 0 aromatic heterocycles. The number of alkyl halides is 9. The van der Waals surface area contributed by atoms with E-state index in [2.05, 4.69) is 0 Å². The van der Waals surface area contributed by atoms with Crippen LogP contribution in [0.4, 0.5) is 39.5 Å². The van der Waals surface area contributed by atoms with Crippen molar-refractivity contribution >= 4 is 0 Å². The monoisotopic (exact) mass is 319 g/mol. The minimum atomic E-state index is -6.84. The third-order valence-electron chi connectivity index (χ3n) is 2.83. The molecule has 0 aromatic carbocycles. The Labute approximate surface area is 109 Å². The minimum Gasteiger partial charge on any atom is -0.253 e. The molecule has 0 rings (SSSR count). The predicted molar refractivity (Wildman–Crippen MR) is 53.0 cm³/mol. The van der Waals surface area contributed by atoms with E-state index in [4.69, 9.17) is 0 Å². The van der Waals surface area contributed by atoms with Crippen LogP contribution in [0.15, 0.2) is 0 Å². The van der Waals surface area contributed by atoms with E-state index < -0.39 is 30.6 Å². The highest BCUT2D eigenvalue weighted by molar-refractivity contribution is 4.99.